The molecule has 16 heteroatoms. The average Bonchev–Trinajstić information content (AvgIpc) is 2.92. The zero-order valence-electron chi connectivity index (χ0n) is 26.4. The molecule has 0 aliphatic heterocycles. The van der Waals surface area contributed by atoms with Gasteiger partial charge >= 0.3 is 15.2 Å². The van der Waals surface area contributed by atoms with Crippen molar-refractivity contribution in [3.8, 4) is 0 Å². The van der Waals surface area contributed by atoms with Crippen molar-refractivity contribution < 1.29 is 54.8 Å². The van der Waals surface area contributed by atoms with Crippen molar-refractivity contribution in [1.82, 2.24) is 0 Å². The van der Waals surface area contributed by atoms with E-state index in [9.17, 15) is 9.13 Å². The molecular formula is C25H56O12P4. The van der Waals surface area contributed by atoms with Gasteiger partial charge in [-0.1, -0.05) is 19.3 Å². The van der Waals surface area contributed by atoms with E-state index in [1.807, 2.05) is 27.7 Å². The van der Waals surface area contributed by atoms with Crippen LogP contribution in [0, 0.1) is 0 Å². The highest BCUT2D eigenvalue weighted by Gasteiger charge is 2.46. The van der Waals surface area contributed by atoms with Crippen molar-refractivity contribution in [2.45, 2.75) is 98.7 Å². The van der Waals surface area contributed by atoms with Crippen molar-refractivity contribution in [3.05, 3.63) is 0 Å². The Morgan fingerprint density at radius 3 is 0.951 bits per heavy atom. The van der Waals surface area contributed by atoms with E-state index in [0.29, 0.717) is 39.6 Å². The van der Waals surface area contributed by atoms with Crippen LogP contribution >= 0.6 is 31.9 Å². The van der Waals surface area contributed by atoms with E-state index in [1.165, 1.54) is 0 Å². The Balaban J connectivity index is 4.94. The Morgan fingerprint density at radius 2 is 0.707 bits per heavy atom. The second-order valence-corrected chi connectivity index (χ2v) is 16.2. The molecule has 0 aliphatic carbocycles. The van der Waals surface area contributed by atoms with E-state index < -0.39 is 43.1 Å². The largest absolute Gasteiger partial charge is 0.368 e. The smallest absolute Gasteiger partial charge is 0.357 e. The van der Waals surface area contributed by atoms with Crippen LogP contribution < -0.4 is 0 Å². The fourth-order valence-corrected chi connectivity index (χ4v) is 11.8. The Kier molecular flexibility index (Phi) is 26.8. The van der Waals surface area contributed by atoms with Gasteiger partial charge in [0, 0.05) is 13.2 Å². The highest BCUT2D eigenvalue weighted by Crippen LogP contribution is 2.67. The molecule has 2 atom stereocenters. The standard InChI is InChI=1S/C25H56O12P4/c1-9-30-38(31-10-2)24(40(26,34-13-5)35-14-6)28-22-20-18-17-19-21-23-29-25(39(32-11-3)33-12-4)41(27,36-15-7)37-16-8/h24-25H,9-23H2,1-8H3. The van der Waals surface area contributed by atoms with Crippen LogP contribution in [0.15, 0.2) is 0 Å². The summed E-state index contributed by atoms with van der Waals surface area (Å²) in [5, 5.41) is 0. The third kappa shape index (κ3) is 16.7. The summed E-state index contributed by atoms with van der Waals surface area (Å²) in [6.07, 6.45) is 4.23. The van der Waals surface area contributed by atoms with Crippen LogP contribution in [0.3, 0.4) is 0 Å². The highest BCUT2D eigenvalue weighted by atomic mass is 31.2. The first-order valence-corrected chi connectivity index (χ1v) is 20.6. The molecule has 0 aromatic carbocycles. The quantitative estimate of drug-likeness (QED) is 0.0534. The Morgan fingerprint density at radius 1 is 0.439 bits per heavy atom. The van der Waals surface area contributed by atoms with Crippen molar-refractivity contribution in [2.75, 3.05) is 66.1 Å². The molecule has 0 N–H and O–H groups in total. The molecule has 0 amide bonds. The summed E-state index contributed by atoms with van der Waals surface area (Å²) in [6, 6.07) is 0. The lowest BCUT2D eigenvalue weighted by Crippen LogP contribution is -2.19. The maximum Gasteiger partial charge on any atom is 0.368 e. The molecule has 0 bridgehead atoms. The molecule has 0 heterocycles. The molecule has 0 aliphatic rings. The number of hydrogen-bond donors (Lipinski definition) is 0. The van der Waals surface area contributed by atoms with Crippen LogP contribution in [0.5, 0.6) is 0 Å². The number of unbranched alkanes of at least 4 members (excludes halogenated alkanes) is 4. The third-order valence-electron chi connectivity index (χ3n) is 4.99. The SMILES string of the molecule is CCOP(OCC)C(OCCCCCCCOC(P(OCC)OCC)P(=O)(OCC)OCC)P(=O)(OCC)OCC. The normalized spacial score (nSPS) is 14.3. The first kappa shape index (κ1) is 41.9. The molecule has 2 unspecified atom stereocenters. The van der Waals surface area contributed by atoms with Crippen molar-refractivity contribution in [3.63, 3.8) is 0 Å². The van der Waals surface area contributed by atoms with E-state index in [1.54, 1.807) is 27.7 Å². The van der Waals surface area contributed by atoms with Crippen LogP contribution in [0.25, 0.3) is 0 Å². The van der Waals surface area contributed by atoms with Crippen LogP contribution in [0.1, 0.15) is 87.5 Å². The summed E-state index contributed by atoms with van der Waals surface area (Å²) < 4.78 is 84.3. The van der Waals surface area contributed by atoms with Gasteiger partial charge in [-0.2, -0.15) is 0 Å². The Labute approximate surface area is 251 Å². The molecule has 0 rings (SSSR count). The lowest BCUT2D eigenvalue weighted by molar-refractivity contribution is 0.0886. The van der Waals surface area contributed by atoms with Crippen LogP contribution in [0.4, 0.5) is 0 Å². The molecule has 0 spiro atoms. The zero-order valence-corrected chi connectivity index (χ0v) is 30.0. The molecule has 41 heavy (non-hydrogen) atoms. The molecule has 0 radical (unpaired) electrons. The molecule has 0 saturated carbocycles. The monoisotopic (exact) mass is 672 g/mol. The topological polar surface area (TPSA) is 126 Å². The number of ether oxygens (including phenoxy) is 2. The van der Waals surface area contributed by atoms with Crippen molar-refractivity contribution >= 4 is 31.9 Å². The second kappa shape index (κ2) is 26.2. The van der Waals surface area contributed by atoms with Gasteiger partial charge in [-0.25, -0.2) is 0 Å². The zero-order chi connectivity index (χ0) is 31.0. The second-order valence-electron chi connectivity index (χ2n) is 8.15. The van der Waals surface area contributed by atoms with Crippen molar-refractivity contribution in [2.24, 2.45) is 0 Å². The average molecular weight is 673 g/mol. The van der Waals surface area contributed by atoms with Crippen LogP contribution in [-0.2, 0) is 54.8 Å². The lowest BCUT2D eigenvalue weighted by Gasteiger charge is -2.31. The molecule has 0 aromatic rings. The lowest BCUT2D eigenvalue weighted by atomic mass is 10.1. The fourth-order valence-electron chi connectivity index (χ4n) is 3.54. The van der Waals surface area contributed by atoms with E-state index in [0.717, 1.165) is 32.1 Å². The van der Waals surface area contributed by atoms with Crippen molar-refractivity contribution in [1.29, 1.82) is 0 Å². The first-order chi connectivity index (χ1) is 19.8. The van der Waals surface area contributed by atoms with E-state index in [4.69, 9.17) is 45.7 Å². The van der Waals surface area contributed by atoms with Gasteiger partial charge in [0.1, 0.15) is 0 Å². The molecule has 12 nitrogen and oxygen atoms in total. The Hall–Kier alpha value is 0.920. The van der Waals surface area contributed by atoms with Gasteiger partial charge in [0.05, 0.1) is 52.9 Å². The molecule has 248 valence electrons. The van der Waals surface area contributed by atoms with Gasteiger partial charge in [0.2, 0.25) is 27.9 Å². The summed E-state index contributed by atoms with van der Waals surface area (Å²) in [4.78, 5) is 0. The molecular weight excluding hydrogens is 616 g/mol. The van der Waals surface area contributed by atoms with E-state index >= 15 is 0 Å². The number of rotatable bonds is 30. The molecule has 0 fully saturated rings. The van der Waals surface area contributed by atoms with E-state index in [-0.39, 0.29) is 26.4 Å². The predicted molar refractivity (Wildman–Crippen MR) is 165 cm³/mol. The van der Waals surface area contributed by atoms with Gasteiger partial charge < -0.3 is 45.7 Å². The third-order valence-corrected chi connectivity index (χ3v) is 14.7. The van der Waals surface area contributed by atoms with Gasteiger partial charge in [0.15, 0.2) is 0 Å². The maximum absolute atomic E-state index is 13.5. The fraction of sp³-hybridized carbons (Fsp3) is 1.00. The summed E-state index contributed by atoms with van der Waals surface area (Å²) in [5.74, 6) is 0. The summed E-state index contributed by atoms with van der Waals surface area (Å²) in [5.41, 5.74) is -1.83. The highest BCUT2D eigenvalue weighted by molar-refractivity contribution is 7.70. The minimum atomic E-state index is -3.59. The summed E-state index contributed by atoms with van der Waals surface area (Å²) in [7, 11) is -10.4. The van der Waals surface area contributed by atoms with Crippen LogP contribution in [-0.4, -0.2) is 77.2 Å². The maximum atomic E-state index is 13.5. The predicted octanol–water partition coefficient (Wildman–Crippen LogP) is 8.84. The Bertz CT molecular complexity index is 617. The van der Waals surface area contributed by atoms with Gasteiger partial charge in [-0.3, -0.25) is 9.13 Å². The minimum absolute atomic E-state index is 0.225. The summed E-state index contributed by atoms with van der Waals surface area (Å²) in [6.45, 7) is 17.7. The van der Waals surface area contributed by atoms with Gasteiger partial charge in [-0.05, 0) is 68.2 Å². The molecule has 0 saturated heterocycles. The minimum Gasteiger partial charge on any atom is -0.357 e. The summed E-state index contributed by atoms with van der Waals surface area (Å²) >= 11 is 0. The van der Waals surface area contributed by atoms with Gasteiger partial charge in [-0.15, -0.1) is 0 Å². The first-order valence-electron chi connectivity index (χ1n) is 14.9. The van der Waals surface area contributed by atoms with Crippen LogP contribution in [0.2, 0.25) is 0 Å². The van der Waals surface area contributed by atoms with E-state index in [2.05, 4.69) is 0 Å². The molecule has 0 aromatic heterocycles. The van der Waals surface area contributed by atoms with Gasteiger partial charge in [0.25, 0.3) is 0 Å². The number of hydrogen-bond acceptors (Lipinski definition) is 12.